The molecular formula is C13H15N3O2S. The highest BCUT2D eigenvalue weighted by atomic mass is 32.1. The van der Waals surface area contributed by atoms with Crippen LogP contribution in [0.1, 0.15) is 12.0 Å². The van der Waals surface area contributed by atoms with Crippen LogP contribution in [0.5, 0.6) is 0 Å². The van der Waals surface area contributed by atoms with Crippen molar-refractivity contribution in [3.8, 4) is 0 Å². The number of nitrogens with zero attached hydrogens (tertiary/aromatic N) is 3. The zero-order chi connectivity index (χ0) is 13.4. The zero-order valence-corrected chi connectivity index (χ0v) is 11.7. The largest absolute Gasteiger partial charge is 0.469 e. The molecule has 2 aromatic heterocycles. The molecule has 6 heteroatoms. The molecule has 0 aliphatic carbocycles. The molecule has 2 aromatic rings. The fraction of sp³-hybridized carbons (Fsp3) is 0.462. The number of aryl methyl sites for hydroxylation is 1. The van der Waals surface area contributed by atoms with Gasteiger partial charge in [0.25, 0.3) is 0 Å². The number of aromatic nitrogens is 2. The Labute approximate surface area is 115 Å². The second-order valence-corrected chi connectivity index (χ2v) is 5.63. The Morgan fingerprint density at radius 3 is 3.16 bits per heavy atom. The van der Waals surface area contributed by atoms with Crippen molar-refractivity contribution in [3.05, 3.63) is 17.3 Å². The lowest BCUT2D eigenvalue weighted by atomic mass is 10.1. The molecule has 1 unspecified atom stereocenters. The van der Waals surface area contributed by atoms with E-state index < -0.39 is 0 Å². The molecule has 1 aliphatic rings. The average Bonchev–Trinajstić information content (AvgIpc) is 3.05. The minimum absolute atomic E-state index is 0.0453. The lowest BCUT2D eigenvalue weighted by molar-refractivity contribution is -0.144. The summed E-state index contributed by atoms with van der Waals surface area (Å²) in [5.74, 6) is 0.765. The predicted molar refractivity (Wildman–Crippen MR) is 74.5 cm³/mol. The molecule has 1 fully saturated rings. The quantitative estimate of drug-likeness (QED) is 0.786. The highest BCUT2D eigenvalue weighted by Gasteiger charge is 2.30. The lowest BCUT2D eigenvalue weighted by Gasteiger charge is -2.17. The van der Waals surface area contributed by atoms with Crippen LogP contribution >= 0.6 is 11.3 Å². The van der Waals surface area contributed by atoms with Gasteiger partial charge < -0.3 is 9.64 Å². The van der Waals surface area contributed by atoms with Crippen LogP contribution in [0.3, 0.4) is 0 Å². The topological polar surface area (TPSA) is 55.3 Å². The third-order valence-corrected chi connectivity index (χ3v) is 4.62. The van der Waals surface area contributed by atoms with Crippen molar-refractivity contribution >= 4 is 33.3 Å². The third kappa shape index (κ3) is 2.06. The van der Waals surface area contributed by atoms with E-state index in [-0.39, 0.29) is 11.9 Å². The van der Waals surface area contributed by atoms with Crippen LogP contribution in [0.25, 0.3) is 10.2 Å². The molecule has 0 spiro atoms. The Kier molecular flexibility index (Phi) is 3.10. The van der Waals surface area contributed by atoms with Crippen molar-refractivity contribution in [2.24, 2.45) is 5.92 Å². The number of thiophene rings is 1. The Morgan fingerprint density at radius 1 is 1.53 bits per heavy atom. The van der Waals surface area contributed by atoms with Gasteiger partial charge in [0, 0.05) is 13.1 Å². The molecular weight excluding hydrogens is 262 g/mol. The van der Waals surface area contributed by atoms with E-state index in [1.165, 1.54) is 12.7 Å². The smallest absolute Gasteiger partial charge is 0.310 e. The third-order valence-electron chi connectivity index (χ3n) is 3.53. The van der Waals surface area contributed by atoms with Crippen LogP contribution in [0, 0.1) is 12.8 Å². The molecule has 0 bridgehead atoms. The number of ether oxygens (including phenoxy) is 1. The second kappa shape index (κ2) is 4.77. The molecule has 1 atom stereocenters. The number of fused-ring (bicyclic) bond motifs is 1. The molecule has 1 aliphatic heterocycles. The molecule has 3 heterocycles. The van der Waals surface area contributed by atoms with Gasteiger partial charge in [-0.25, -0.2) is 9.97 Å². The minimum Gasteiger partial charge on any atom is -0.469 e. The Hall–Kier alpha value is -1.69. The zero-order valence-electron chi connectivity index (χ0n) is 10.9. The first kappa shape index (κ1) is 12.3. The summed E-state index contributed by atoms with van der Waals surface area (Å²) in [6.07, 6.45) is 2.42. The highest BCUT2D eigenvalue weighted by molar-refractivity contribution is 7.18. The maximum absolute atomic E-state index is 11.6. The summed E-state index contributed by atoms with van der Waals surface area (Å²) < 4.78 is 5.92. The van der Waals surface area contributed by atoms with E-state index in [1.807, 2.05) is 0 Å². The molecule has 0 N–H and O–H groups in total. The van der Waals surface area contributed by atoms with Crippen LogP contribution in [0.2, 0.25) is 0 Å². The van der Waals surface area contributed by atoms with E-state index in [2.05, 4.69) is 27.2 Å². The number of methoxy groups -OCH3 is 1. The standard InChI is InChI=1S/C13H15N3O2S/c1-8-6-19-11-10(8)14-7-15-12(11)16-4-3-9(5-16)13(17)18-2/h6-7,9H,3-5H2,1-2H3. The summed E-state index contributed by atoms with van der Waals surface area (Å²) in [5.41, 5.74) is 2.18. The van der Waals surface area contributed by atoms with Crippen molar-refractivity contribution in [2.75, 3.05) is 25.1 Å². The van der Waals surface area contributed by atoms with Gasteiger partial charge in [-0.1, -0.05) is 0 Å². The van der Waals surface area contributed by atoms with Crippen molar-refractivity contribution in [1.29, 1.82) is 0 Å². The second-order valence-electron chi connectivity index (χ2n) is 4.75. The summed E-state index contributed by atoms with van der Waals surface area (Å²) >= 11 is 1.66. The SMILES string of the molecule is COC(=O)C1CCN(c2ncnc3c(C)csc23)C1. The fourth-order valence-corrected chi connectivity index (χ4v) is 3.51. The normalized spacial score (nSPS) is 19.1. The van der Waals surface area contributed by atoms with E-state index in [9.17, 15) is 4.79 Å². The van der Waals surface area contributed by atoms with Gasteiger partial charge in [-0.05, 0) is 24.3 Å². The molecule has 19 heavy (non-hydrogen) atoms. The molecule has 5 nitrogen and oxygen atoms in total. The Morgan fingerprint density at radius 2 is 2.37 bits per heavy atom. The van der Waals surface area contributed by atoms with E-state index >= 15 is 0 Å². The number of anilines is 1. The summed E-state index contributed by atoms with van der Waals surface area (Å²) in [6.45, 7) is 3.56. The van der Waals surface area contributed by atoms with Crippen molar-refractivity contribution < 1.29 is 9.53 Å². The van der Waals surface area contributed by atoms with Gasteiger partial charge in [-0.2, -0.15) is 0 Å². The van der Waals surface area contributed by atoms with Gasteiger partial charge in [0.2, 0.25) is 0 Å². The first-order chi connectivity index (χ1) is 9.20. The van der Waals surface area contributed by atoms with Crippen LogP contribution in [-0.4, -0.2) is 36.1 Å². The number of esters is 1. The molecule has 100 valence electrons. The van der Waals surface area contributed by atoms with Gasteiger partial charge in [0.05, 0.1) is 23.2 Å². The maximum Gasteiger partial charge on any atom is 0.310 e. The predicted octanol–water partition coefficient (Wildman–Crippen LogP) is 2.00. The Bertz CT molecular complexity index is 625. The van der Waals surface area contributed by atoms with Crippen LogP contribution in [0.15, 0.2) is 11.7 Å². The van der Waals surface area contributed by atoms with Gasteiger partial charge in [0.15, 0.2) is 0 Å². The van der Waals surface area contributed by atoms with Gasteiger partial charge in [-0.3, -0.25) is 4.79 Å². The Balaban J connectivity index is 1.92. The van der Waals surface area contributed by atoms with Crippen LogP contribution in [-0.2, 0) is 9.53 Å². The highest BCUT2D eigenvalue weighted by Crippen LogP contribution is 2.33. The monoisotopic (exact) mass is 277 g/mol. The molecule has 0 saturated carbocycles. The molecule has 1 saturated heterocycles. The number of carbonyl (C=O) groups excluding carboxylic acids is 1. The van der Waals surface area contributed by atoms with E-state index in [4.69, 9.17) is 4.74 Å². The first-order valence-corrected chi connectivity index (χ1v) is 7.10. The van der Waals surface area contributed by atoms with Gasteiger partial charge in [-0.15, -0.1) is 11.3 Å². The lowest BCUT2D eigenvalue weighted by Crippen LogP contribution is -2.24. The summed E-state index contributed by atoms with van der Waals surface area (Å²) in [5, 5.41) is 2.09. The molecule has 0 radical (unpaired) electrons. The molecule has 3 rings (SSSR count). The number of carbonyl (C=O) groups is 1. The molecule has 0 amide bonds. The minimum atomic E-state index is -0.129. The van der Waals surface area contributed by atoms with Crippen molar-refractivity contribution in [3.63, 3.8) is 0 Å². The van der Waals surface area contributed by atoms with Crippen LogP contribution in [0.4, 0.5) is 5.82 Å². The molecule has 0 aromatic carbocycles. The number of rotatable bonds is 2. The summed E-state index contributed by atoms with van der Waals surface area (Å²) in [7, 11) is 1.44. The van der Waals surface area contributed by atoms with Gasteiger partial charge in [0.1, 0.15) is 12.1 Å². The van der Waals surface area contributed by atoms with E-state index in [0.717, 1.165) is 29.0 Å². The van der Waals surface area contributed by atoms with E-state index in [1.54, 1.807) is 17.7 Å². The number of hydrogen-bond donors (Lipinski definition) is 0. The fourth-order valence-electron chi connectivity index (χ4n) is 2.49. The van der Waals surface area contributed by atoms with Crippen molar-refractivity contribution in [2.45, 2.75) is 13.3 Å². The van der Waals surface area contributed by atoms with Gasteiger partial charge >= 0.3 is 5.97 Å². The number of hydrogen-bond acceptors (Lipinski definition) is 6. The average molecular weight is 277 g/mol. The maximum atomic E-state index is 11.6. The van der Waals surface area contributed by atoms with Crippen LogP contribution < -0.4 is 4.90 Å². The van der Waals surface area contributed by atoms with Crippen molar-refractivity contribution in [1.82, 2.24) is 9.97 Å². The summed E-state index contributed by atoms with van der Waals surface area (Å²) in [4.78, 5) is 22.5. The first-order valence-electron chi connectivity index (χ1n) is 6.22. The summed E-state index contributed by atoms with van der Waals surface area (Å²) in [6, 6.07) is 0. The van der Waals surface area contributed by atoms with E-state index in [0.29, 0.717) is 6.54 Å².